The SMILES string of the molecule is Oc1cc2ccccc2cc1-c1nc2ccc3ccccc3c2s1. The van der Waals surface area contributed by atoms with Crippen molar-refractivity contribution in [1.29, 1.82) is 0 Å². The molecule has 0 unspecified atom stereocenters. The summed E-state index contributed by atoms with van der Waals surface area (Å²) in [6.45, 7) is 0. The van der Waals surface area contributed by atoms with Gasteiger partial charge in [-0.05, 0) is 34.4 Å². The molecule has 5 rings (SSSR count). The van der Waals surface area contributed by atoms with Gasteiger partial charge in [0.15, 0.2) is 0 Å². The van der Waals surface area contributed by atoms with Crippen molar-refractivity contribution in [2.45, 2.75) is 0 Å². The first-order valence-corrected chi connectivity index (χ1v) is 8.62. The molecule has 0 radical (unpaired) electrons. The van der Waals surface area contributed by atoms with E-state index < -0.39 is 0 Å². The highest BCUT2D eigenvalue weighted by Crippen LogP contribution is 2.39. The van der Waals surface area contributed by atoms with Crippen LogP contribution in [0.1, 0.15) is 0 Å². The van der Waals surface area contributed by atoms with E-state index in [1.165, 1.54) is 10.8 Å². The first kappa shape index (κ1) is 13.5. The third-order valence-corrected chi connectivity index (χ3v) is 5.51. The van der Waals surface area contributed by atoms with Gasteiger partial charge in [-0.2, -0.15) is 0 Å². The van der Waals surface area contributed by atoms with Crippen LogP contribution in [0.2, 0.25) is 0 Å². The summed E-state index contributed by atoms with van der Waals surface area (Å²) in [6.07, 6.45) is 0. The Morgan fingerprint density at radius 3 is 2.29 bits per heavy atom. The van der Waals surface area contributed by atoms with Gasteiger partial charge in [0.25, 0.3) is 0 Å². The minimum atomic E-state index is 0.275. The Bertz CT molecular complexity index is 1220. The third-order valence-electron chi connectivity index (χ3n) is 4.37. The predicted molar refractivity (Wildman–Crippen MR) is 102 cm³/mol. The molecule has 1 heterocycles. The second-order valence-electron chi connectivity index (χ2n) is 5.87. The van der Waals surface area contributed by atoms with Crippen molar-refractivity contribution in [2.75, 3.05) is 0 Å². The first-order chi connectivity index (χ1) is 11.8. The van der Waals surface area contributed by atoms with Crippen molar-refractivity contribution in [3.8, 4) is 16.3 Å². The largest absolute Gasteiger partial charge is 0.507 e. The van der Waals surface area contributed by atoms with Gasteiger partial charge in [0.2, 0.25) is 0 Å². The number of benzene rings is 4. The van der Waals surface area contributed by atoms with Crippen molar-refractivity contribution >= 4 is 43.1 Å². The first-order valence-electron chi connectivity index (χ1n) is 7.80. The van der Waals surface area contributed by atoms with Crippen LogP contribution in [0.5, 0.6) is 5.75 Å². The molecular weight excluding hydrogens is 314 g/mol. The van der Waals surface area contributed by atoms with Gasteiger partial charge in [-0.1, -0.05) is 54.6 Å². The number of rotatable bonds is 1. The van der Waals surface area contributed by atoms with Crippen molar-refractivity contribution in [1.82, 2.24) is 4.98 Å². The van der Waals surface area contributed by atoms with E-state index in [4.69, 9.17) is 4.98 Å². The number of aromatic hydroxyl groups is 1. The molecule has 0 spiro atoms. The Balaban J connectivity index is 1.80. The lowest BCUT2D eigenvalue weighted by Gasteiger charge is -2.04. The van der Waals surface area contributed by atoms with E-state index in [0.717, 1.165) is 31.6 Å². The predicted octanol–water partition coefficient (Wildman–Crippen LogP) is 5.98. The third kappa shape index (κ3) is 1.99. The number of hydrogen-bond donors (Lipinski definition) is 1. The Hall–Kier alpha value is -2.91. The highest BCUT2D eigenvalue weighted by Gasteiger charge is 2.13. The Morgan fingerprint density at radius 2 is 1.46 bits per heavy atom. The highest BCUT2D eigenvalue weighted by atomic mass is 32.1. The lowest BCUT2D eigenvalue weighted by Crippen LogP contribution is -1.80. The molecule has 114 valence electrons. The van der Waals surface area contributed by atoms with Crippen LogP contribution in [0.4, 0.5) is 0 Å². The van der Waals surface area contributed by atoms with Crippen LogP contribution in [-0.2, 0) is 0 Å². The fraction of sp³-hybridized carbons (Fsp3) is 0. The molecule has 1 aromatic heterocycles. The maximum Gasteiger partial charge on any atom is 0.128 e. The Kier molecular flexibility index (Phi) is 2.84. The molecule has 5 aromatic rings. The van der Waals surface area contributed by atoms with Crippen LogP contribution in [0, 0.1) is 0 Å². The molecule has 0 atom stereocenters. The van der Waals surface area contributed by atoms with Gasteiger partial charge < -0.3 is 5.11 Å². The van der Waals surface area contributed by atoms with Gasteiger partial charge in [-0.15, -0.1) is 11.3 Å². The van der Waals surface area contributed by atoms with Gasteiger partial charge in [0, 0.05) is 5.39 Å². The average molecular weight is 327 g/mol. The van der Waals surface area contributed by atoms with E-state index in [1.54, 1.807) is 11.3 Å². The molecular formula is C21H13NOS. The fourth-order valence-electron chi connectivity index (χ4n) is 3.17. The van der Waals surface area contributed by atoms with E-state index in [0.29, 0.717) is 0 Å². The van der Waals surface area contributed by atoms with Gasteiger partial charge >= 0.3 is 0 Å². The van der Waals surface area contributed by atoms with Crippen molar-refractivity contribution in [3.63, 3.8) is 0 Å². The van der Waals surface area contributed by atoms with Crippen LogP contribution in [0.25, 0.3) is 42.3 Å². The summed E-state index contributed by atoms with van der Waals surface area (Å²) in [4.78, 5) is 4.76. The summed E-state index contributed by atoms with van der Waals surface area (Å²) in [6, 6.07) is 24.4. The number of phenolic OH excluding ortho intramolecular Hbond substituents is 1. The number of phenols is 1. The Morgan fingerprint density at radius 1 is 0.750 bits per heavy atom. The quantitative estimate of drug-likeness (QED) is 0.411. The summed E-state index contributed by atoms with van der Waals surface area (Å²) in [7, 11) is 0. The summed E-state index contributed by atoms with van der Waals surface area (Å²) >= 11 is 1.63. The number of aromatic nitrogens is 1. The molecule has 0 fully saturated rings. The highest BCUT2D eigenvalue weighted by molar-refractivity contribution is 7.22. The molecule has 3 heteroatoms. The molecule has 0 saturated heterocycles. The molecule has 4 aromatic carbocycles. The normalized spacial score (nSPS) is 11.5. The number of hydrogen-bond acceptors (Lipinski definition) is 3. The van der Waals surface area contributed by atoms with Crippen LogP contribution in [0.3, 0.4) is 0 Å². The van der Waals surface area contributed by atoms with Crippen LogP contribution in [0.15, 0.2) is 72.8 Å². The number of thiazole rings is 1. The molecule has 24 heavy (non-hydrogen) atoms. The second-order valence-corrected chi connectivity index (χ2v) is 6.87. The van der Waals surface area contributed by atoms with E-state index >= 15 is 0 Å². The topological polar surface area (TPSA) is 33.1 Å². The van der Waals surface area contributed by atoms with Gasteiger partial charge in [-0.3, -0.25) is 0 Å². The minimum Gasteiger partial charge on any atom is -0.507 e. The molecule has 0 amide bonds. The molecule has 2 nitrogen and oxygen atoms in total. The van der Waals surface area contributed by atoms with Crippen LogP contribution >= 0.6 is 11.3 Å². The fourth-order valence-corrected chi connectivity index (χ4v) is 4.30. The van der Waals surface area contributed by atoms with E-state index in [2.05, 4.69) is 36.4 Å². The van der Waals surface area contributed by atoms with Gasteiger partial charge in [0.05, 0.1) is 15.8 Å². The zero-order valence-electron chi connectivity index (χ0n) is 12.7. The molecule has 0 saturated carbocycles. The second kappa shape index (κ2) is 5.05. The van der Waals surface area contributed by atoms with Crippen molar-refractivity contribution in [2.24, 2.45) is 0 Å². The average Bonchev–Trinajstić information content (AvgIpc) is 3.05. The summed E-state index contributed by atoms with van der Waals surface area (Å²) < 4.78 is 1.16. The number of fused-ring (bicyclic) bond motifs is 4. The maximum absolute atomic E-state index is 10.5. The Labute approximate surface area is 142 Å². The minimum absolute atomic E-state index is 0.275. The molecule has 0 aliphatic heterocycles. The van der Waals surface area contributed by atoms with Gasteiger partial charge in [0.1, 0.15) is 10.8 Å². The molecule has 0 aliphatic rings. The van der Waals surface area contributed by atoms with E-state index in [-0.39, 0.29) is 5.75 Å². The van der Waals surface area contributed by atoms with Gasteiger partial charge in [-0.25, -0.2) is 4.98 Å². The van der Waals surface area contributed by atoms with E-state index in [9.17, 15) is 5.11 Å². The standard InChI is InChI=1S/C21H13NOS/c23-19-12-15-7-2-1-6-14(15)11-17(19)21-22-18-10-9-13-5-3-4-8-16(13)20(18)24-21/h1-12,23H. The lowest BCUT2D eigenvalue weighted by molar-refractivity contribution is 0.478. The van der Waals surface area contributed by atoms with Crippen molar-refractivity contribution in [3.05, 3.63) is 72.8 Å². The smallest absolute Gasteiger partial charge is 0.128 e. The molecule has 0 aliphatic carbocycles. The molecule has 1 N–H and O–H groups in total. The lowest BCUT2D eigenvalue weighted by atomic mass is 10.1. The van der Waals surface area contributed by atoms with Crippen molar-refractivity contribution < 1.29 is 5.11 Å². The zero-order valence-corrected chi connectivity index (χ0v) is 13.5. The monoisotopic (exact) mass is 327 g/mol. The van der Waals surface area contributed by atoms with Crippen LogP contribution < -0.4 is 0 Å². The summed E-state index contributed by atoms with van der Waals surface area (Å²) in [5.41, 5.74) is 1.76. The van der Waals surface area contributed by atoms with Crippen LogP contribution in [-0.4, -0.2) is 10.1 Å². The summed E-state index contributed by atoms with van der Waals surface area (Å²) in [5, 5.41) is 15.9. The molecule has 0 bridgehead atoms. The van der Waals surface area contributed by atoms with E-state index in [1.807, 2.05) is 36.4 Å². The maximum atomic E-state index is 10.5. The number of nitrogens with zero attached hydrogens (tertiary/aromatic N) is 1. The summed E-state index contributed by atoms with van der Waals surface area (Å²) in [5.74, 6) is 0.275. The zero-order chi connectivity index (χ0) is 16.1.